The van der Waals surface area contributed by atoms with Crippen molar-refractivity contribution >= 4 is 5.97 Å². The summed E-state index contributed by atoms with van der Waals surface area (Å²) in [5, 5.41) is 11.4. The van der Waals surface area contributed by atoms with Gasteiger partial charge in [0.15, 0.2) is 0 Å². The summed E-state index contributed by atoms with van der Waals surface area (Å²) in [7, 11) is 0. The molecule has 1 saturated heterocycles. The Hall–Kier alpha value is -0.780. The highest BCUT2D eigenvalue weighted by Gasteiger charge is 2.47. The average molecular weight is 239 g/mol. The zero-order chi connectivity index (χ0) is 12.6. The van der Waals surface area contributed by atoms with Gasteiger partial charge in [0.2, 0.25) is 0 Å². The fraction of sp³-hybridized carbons (Fsp3) is 0.900. The van der Waals surface area contributed by atoms with E-state index in [0.29, 0.717) is 12.8 Å². The summed E-state index contributed by atoms with van der Waals surface area (Å²) >= 11 is 0. The van der Waals surface area contributed by atoms with Crippen molar-refractivity contribution in [1.82, 2.24) is 5.32 Å². The Bertz CT molecular complexity index is 276. The van der Waals surface area contributed by atoms with Gasteiger partial charge in [-0.3, -0.25) is 4.79 Å². The second kappa shape index (κ2) is 4.24. The molecule has 16 heavy (non-hydrogen) atoms. The Morgan fingerprint density at radius 1 is 1.25 bits per heavy atom. The third kappa shape index (κ3) is 2.66. The third-order valence-electron chi connectivity index (χ3n) is 3.21. The molecule has 0 bridgehead atoms. The largest absolute Gasteiger partial charge is 0.481 e. The third-order valence-corrected chi connectivity index (χ3v) is 3.21. The van der Waals surface area contributed by atoms with Gasteiger partial charge in [-0.1, -0.05) is 0 Å². The van der Waals surface area contributed by atoms with Gasteiger partial charge in [0, 0.05) is 6.04 Å². The lowest BCUT2D eigenvalue weighted by atomic mass is 9.79. The fourth-order valence-electron chi connectivity index (χ4n) is 1.91. The molecular formula is C10H16F3NO2. The number of carbonyl (C=O) groups is 1. The van der Waals surface area contributed by atoms with Crippen molar-refractivity contribution in [2.24, 2.45) is 5.41 Å². The van der Waals surface area contributed by atoms with Gasteiger partial charge >= 0.3 is 12.1 Å². The zero-order valence-electron chi connectivity index (χ0n) is 9.27. The first-order chi connectivity index (χ1) is 7.15. The van der Waals surface area contributed by atoms with Gasteiger partial charge in [-0.25, -0.2) is 0 Å². The molecule has 1 heterocycles. The van der Waals surface area contributed by atoms with Crippen LogP contribution in [0.5, 0.6) is 0 Å². The van der Waals surface area contributed by atoms with Gasteiger partial charge in [0.25, 0.3) is 0 Å². The van der Waals surface area contributed by atoms with Crippen molar-refractivity contribution in [3.8, 4) is 0 Å². The minimum atomic E-state index is -4.30. The molecule has 0 aliphatic carbocycles. The Morgan fingerprint density at radius 2 is 1.75 bits per heavy atom. The highest BCUT2D eigenvalue weighted by Crippen LogP contribution is 2.33. The van der Waals surface area contributed by atoms with Crippen LogP contribution in [0.3, 0.4) is 0 Å². The molecule has 1 fully saturated rings. The van der Waals surface area contributed by atoms with Crippen LogP contribution in [0.2, 0.25) is 0 Å². The quantitative estimate of drug-likeness (QED) is 0.776. The molecule has 2 N–H and O–H groups in total. The van der Waals surface area contributed by atoms with Crippen LogP contribution < -0.4 is 5.32 Å². The molecule has 0 aromatic rings. The van der Waals surface area contributed by atoms with Crippen molar-refractivity contribution in [2.75, 3.05) is 0 Å². The molecule has 0 saturated carbocycles. The summed E-state index contributed by atoms with van der Waals surface area (Å²) in [5.74, 6) is -1.08. The molecule has 3 nitrogen and oxygen atoms in total. The van der Waals surface area contributed by atoms with Gasteiger partial charge in [-0.15, -0.1) is 0 Å². The van der Waals surface area contributed by atoms with Crippen molar-refractivity contribution in [3.63, 3.8) is 0 Å². The van der Waals surface area contributed by atoms with E-state index in [1.165, 1.54) is 13.8 Å². The molecular weight excluding hydrogens is 223 g/mol. The van der Waals surface area contributed by atoms with E-state index in [4.69, 9.17) is 5.11 Å². The van der Waals surface area contributed by atoms with Gasteiger partial charge in [0.1, 0.15) is 6.04 Å². The predicted molar refractivity (Wildman–Crippen MR) is 52.0 cm³/mol. The maximum Gasteiger partial charge on any atom is 0.403 e. The number of nitrogens with one attached hydrogen (secondary N) is 1. The normalized spacial score (nSPS) is 27.8. The molecule has 0 unspecified atom stereocenters. The maximum absolute atomic E-state index is 12.5. The predicted octanol–water partition coefficient (Wildman–Crippen LogP) is 2.17. The number of rotatable bonds is 2. The molecule has 0 radical (unpaired) electrons. The van der Waals surface area contributed by atoms with Crippen LogP contribution in [0.15, 0.2) is 0 Å². The lowest BCUT2D eigenvalue weighted by molar-refractivity contribution is -0.170. The van der Waals surface area contributed by atoms with Crippen molar-refractivity contribution in [2.45, 2.75) is 51.4 Å². The van der Waals surface area contributed by atoms with E-state index in [0.717, 1.165) is 0 Å². The van der Waals surface area contributed by atoms with Crippen molar-refractivity contribution in [1.29, 1.82) is 0 Å². The number of carboxylic acids is 1. The lowest BCUT2D eigenvalue weighted by Gasteiger charge is -2.39. The molecule has 0 spiro atoms. The van der Waals surface area contributed by atoms with Crippen LogP contribution in [0, 0.1) is 5.41 Å². The Kier molecular flexibility index (Phi) is 3.52. The fourth-order valence-corrected chi connectivity index (χ4v) is 1.91. The van der Waals surface area contributed by atoms with E-state index in [9.17, 15) is 18.0 Å². The van der Waals surface area contributed by atoms with Crippen LogP contribution >= 0.6 is 0 Å². The molecule has 0 amide bonds. The summed E-state index contributed by atoms with van der Waals surface area (Å²) in [6.45, 7) is 2.90. The SMILES string of the molecule is CC(C)(C(=O)O)[C@H]1CCC[C@H](C(F)(F)F)N1. The minimum Gasteiger partial charge on any atom is -0.481 e. The summed E-state index contributed by atoms with van der Waals surface area (Å²) < 4.78 is 37.5. The van der Waals surface area contributed by atoms with Crippen LogP contribution in [0.4, 0.5) is 13.2 Å². The molecule has 0 aromatic carbocycles. The van der Waals surface area contributed by atoms with Crippen LogP contribution in [-0.2, 0) is 4.79 Å². The van der Waals surface area contributed by atoms with E-state index in [2.05, 4.69) is 5.32 Å². The minimum absolute atomic E-state index is 0.0235. The van der Waals surface area contributed by atoms with E-state index in [-0.39, 0.29) is 6.42 Å². The second-order valence-corrected chi connectivity index (χ2v) is 4.77. The van der Waals surface area contributed by atoms with Crippen molar-refractivity contribution in [3.05, 3.63) is 0 Å². The van der Waals surface area contributed by atoms with E-state index in [1.54, 1.807) is 0 Å². The molecule has 6 heteroatoms. The summed E-state index contributed by atoms with van der Waals surface area (Å²) in [5.41, 5.74) is -1.18. The first-order valence-corrected chi connectivity index (χ1v) is 5.22. The number of piperidine rings is 1. The number of alkyl halides is 3. The molecule has 94 valence electrons. The zero-order valence-corrected chi connectivity index (χ0v) is 9.27. The Labute approximate surface area is 92.0 Å². The van der Waals surface area contributed by atoms with Gasteiger partial charge in [0.05, 0.1) is 5.41 Å². The molecule has 2 atom stereocenters. The molecule has 1 rings (SSSR count). The van der Waals surface area contributed by atoms with Crippen LogP contribution in [0.25, 0.3) is 0 Å². The van der Waals surface area contributed by atoms with Crippen LogP contribution in [-0.4, -0.2) is 29.3 Å². The van der Waals surface area contributed by atoms with E-state index < -0.39 is 29.6 Å². The topological polar surface area (TPSA) is 49.3 Å². The first-order valence-electron chi connectivity index (χ1n) is 5.22. The molecule has 1 aliphatic rings. The van der Waals surface area contributed by atoms with Gasteiger partial charge < -0.3 is 10.4 Å². The van der Waals surface area contributed by atoms with Crippen molar-refractivity contribution < 1.29 is 23.1 Å². The van der Waals surface area contributed by atoms with E-state index >= 15 is 0 Å². The maximum atomic E-state index is 12.5. The van der Waals surface area contributed by atoms with Crippen LogP contribution in [0.1, 0.15) is 33.1 Å². The Morgan fingerprint density at radius 3 is 2.19 bits per heavy atom. The van der Waals surface area contributed by atoms with Gasteiger partial charge in [-0.05, 0) is 33.1 Å². The number of halogens is 3. The number of aliphatic carboxylic acids is 1. The summed E-state index contributed by atoms with van der Waals surface area (Å²) in [4.78, 5) is 11.0. The second-order valence-electron chi connectivity index (χ2n) is 4.77. The highest BCUT2D eigenvalue weighted by molar-refractivity contribution is 5.74. The van der Waals surface area contributed by atoms with E-state index in [1.807, 2.05) is 0 Å². The smallest absolute Gasteiger partial charge is 0.403 e. The lowest BCUT2D eigenvalue weighted by Crippen LogP contribution is -2.57. The Balaban J connectivity index is 2.75. The summed E-state index contributed by atoms with van der Waals surface area (Å²) in [6.07, 6.45) is -3.41. The number of hydrogen-bond donors (Lipinski definition) is 2. The molecule has 1 aliphatic heterocycles. The van der Waals surface area contributed by atoms with Gasteiger partial charge in [-0.2, -0.15) is 13.2 Å². The highest BCUT2D eigenvalue weighted by atomic mass is 19.4. The first kappa shape index (κ1) is 13.3. The number of carboxylic acid groups (broad SMARTS) is 1. The average Bonchev–Trinajstić information content (AvgIpc) is 2.16. The standard InChI is InChI=1S/C10H16F3NO2/c1-9(2,8(15)16)6-4-3-5-7(14-6)10(11,12)13/h6-7,14H,3-5H2,1-2H3,(H,15,16)/t6-,7-/m1/s1. The molecule has 0 aromatic heterocycles. The summed E-state index contributed by atoms with van der Waals surface area (Å²) in [6, 6.07) is -2.21. The number of hydrogen-bond acceptors (Lipinski definition) is 2. The monoisotopic (exact) mass is 239 g/mol.